The van der Waals surface area contributed by atoms with Gasteiger partial charge in [-0.1, -0.05) is 31.5 Å². The molecule has 26 heavy (non-hydrogen) atoms. The smallest absolute Gasteiger partial charge is 0.338 e. The molecule has 0 aromatic heterocycles. The maximum absolute atomic E-state index is 12.4. The van der Waals surface area contributed by atoms with Gasteiger partial charge in [0.25, 0.3) is 0 Å². The van der Waals surface area contributed by atoms with Crippen LogP contribution in [0.3, 0.4) is 0 Å². The van der Waals surface area contributed by atoms with E-state index in [1.165, 1.54) is 11.1 Å². The van der Waals surface area contributed by atoms with E-state index >= 15 is 0 Å². The zero-order valence-electron chi connectivity index (χ0n) is 15.9. The molecule has 2 aromatic carbocycles. The first-order chi connectivity index (χ1) is 12.5. The number of nitrogens with two attached hydrogens (primary N) is 1. The van der Waals surface area contributed by atoms with Crippen molar-refractivity contribution in [3.8, 4) is 0 Å². The highest BCUT2D eigenvalue weighted by atomic mass is 16.5. The second-order valence-corrected chi connectivity index (χ2v) is 7.33. The van der Waals surface area contributed by atoms with E-state index in [9.17, 15) is 4.79 Å². The molecular formula is C22H28N2O2. The number of ether oxygens (including phenoxy) is 1. The summed E-state index contributed by atoms with van der Waals surface area (Å²) >= 11 is 0. The molecule has 4 nitrogen and oxygen atoms in total. The summed E-state index contributed by atoms with van der Waals surface area (Å²) < 4.78 is 5.25. The molecule has 0 saturated heterocycles. The average molecular weight is 352 g/mol. The van der Waals surface area contributed by atoms with Crippen molar-refractivity contribution in [2.45, 2.75) is 52.0 Å². The lowest BCUT2D eigenvalue weighted by molar-refractivity contribution is 0.0528. The maximum Gasteiger partial charge on any atom is 0.338 e. The molecule has 1 aliphatic heterocycles. The molecule has 1 unspecified atom stereocenters. The molecule has 0 radical (unpaired) electrons. The Morgan fingerprint density at radius 1 is 1.31 bits per heavy atom. The fourth-order valence-corrected chi connectivity index (χ4v) is 4.12. The summed E-state index contributed by atoms with van der Waals surface area (Å²) in [5.41, 5.74) is 9.98. The second-order valence-electron chi connectivity index (χ2n) is 7.33. The number of anilines is 1. The minimum absolute atomic E-state index is 0.0636. The van der Waals surface area contributed by atoms with Crippen LogP contribution in [0.4, 0.5) is 5.69 Å². The Hall–Kier alpha value is -2.49. The zero-order chi connectivity index (χ0) is 18.7. The molecule has 0 fully saturated rings. The number of esters is 1. The Morgan fingerprint density at radius 2 is 2.12 bits per heavy atom. The van der Waals surface area contributed by atoms with Gasteiger partial charge in [0.15, 0.2) is 0 Å². The van der Waals surface area contributed by atoms with Crippen molar-refractivity contribution in [1.29, 1.82) is 0 Å². The summed E-state index contributed by atoms with van der Waals surface area (Å²) in [5, 5.41) is 5.79. The lowest BCUT2D eigenvalue weighted by atomic mass is 9.82. The molecule has 138 valence electrons. The highest BCUT2D eigenvalue weighted by molar-refractivity contribution is 6.09. The van der Waals surface area contributed by atoms with E-state index < -0.39 is 0 Å². The number of carbonyl (C=O) groups is 1. The first kappa shape index (κ1) is 18.3. The Balaban J connectivity index is 2.23. The molecule has 1 aliphatic rings. The fraction of sp³-hybridized carbons (Fsp3) is 0.409. The Kier molecular flexibility index (Phi) is 5.21. The highest BCUT2D eigenvalue weighted by Crippen LogP contribution is 2.38. The van der Waals surface area contributed by atoms with Crippen molar-refractivity contribution < 1.29 is 9.53 Å². The van der Waals surface area contributed by atoms with Gasteiger partial charge in [-0.25, -0.2) is 4.79 Å². The molecule has 1 atom stereocenters. The first-order valence-electron chi connectivity index (χ1n) is 9.41. The molecule has 2 aromatic rings. The molecular weight excluding hydrogens is 324 g/mol. The SMILES string of the molecule is CCCC1(C)C/C(=C\N)Cc2cccc3c(C(=O)OCC)ccc(c23)N1. The summed E-state index contributed by atoms with van der Waals surface area (Å²) in [5.74, 6) is -0.274. The molecule has 1 heterocycles. The van der Waals surface area contributed by atoms with Gasteiger partial charge in [-0.2, -0.15) is 0 Å². The van der Waals surface area contributed by atoms with E-state index in [1.807, 2.05) is 31.2 Å². The van der Waals surface area contributed by atoms with Crippen molar-refractivity contribution in [3.05, 3.63) is 53.2 Å². The number of rotatable bonds is 4. The van der Waals surface area contributed by atoms with Crippen LogP contribution < -0.4 is 11.1 Å². The second kappa shape index (κ2) is 7.40. The van der Waals surface area contributed by atoms with Crippen molar-refractivity contribution in [2.24, 2.45) is 5.73 Å². The minimum Gasteiger partial charge on any atom is -0.462 e. The average Bonchev–Trinajstić information content (AvgIpc) is 2.60. The van der Waals surface area contributed by atoms with E-state index in [0.29, 0.717) is 12.2 Å². The van der Waals surface area contributed by atoms with Crippen molar-refractivity contribution >= 4 is 22.4 Å². The van der Waals surface area contributed by atoms with E-state index in [-0.39, 0.29) is 11.5 Å². The third-order valence-corrected chi connectivity index (χ3v) is 5.13. The van der Waals surface area contributed by atoms with Gasteiger partial charge >= 0.3 is 5.97 Å². The van der Waals surface area contributed by atoms with Crippen LogP contribution in [0.1, 0.15) is 56.0 Å². The Bertz CT molecular complexity index is 857. The van der Waals surface area contributed by atoms with Crippen LogP contribution in [0.15, 0.2) is 42.1 Å². The number of nitrogens with one attached hydrogen (secondary N) is 1. The monoisotopic (exact) mass is 352 g/mol. The topological polar surface area (TPSA) is 64.4 Å². The number of hydrogen-bond acceptors (Lipinski definition) is 4. The predicted octanol–water partition coefficient (Wildman–Crippen LogP) is 4.78. The molecule has 0 saturated carbocycles. The Morgan fingerprint density at radius 3 is 2.81 bits per heavy atom. The predicted molar refractivity (Wildman–Crippen MR) is 107 cm³/mol. The van der Waals surface area contributed by atoms with Gasteiger partial charge in [0, 0.05) is 16.6 Å². The lowest BCUT2D eigenvalue weighted by Crippen LogP contribution is -2.36. The maximum atomic E-state index is 12.4. The van der Waals surface area contributed by atoms with Gasteiger partial charge in [-0.15, -0.1) is 0 Å². The highest BCUT2D eigenvalue weighted by Gasteiger charge is 2.28. The molecule has 3 rings (SSSR count). The third kappa shape index (κ3) is 3.41. The molecule has 0 aliphatic carbocycles. The summed E-state index contributed by atoms with van der Waals surface area (Å²) in [6.45, 7) is 6.65. The van der Waals surface area contributed by atoms with E-state index in [2.05, 4.69) is 25.2 Å². The lowest BCUT2D eigenvalue weighted by Gasteiger charge is -2.35. The number of hydrogen-bond donors (Lipinski definition) is 2. The summed E-state index contributed by atoms with van der Waals surface area (Å²) in [6, 6.07) is 10.0. The van der Waals surface area contributed by atoms with Gasteiger partial charge in [-0.05, 0) is 68.0 Å². The standard InChI is InChI=1S/C22H28N2O2/c1-4-11-22(3)13-15(14-23)12-16-7-6-8-17-18(21(25)26-5-2)9-10-19(24-22)20(16)17/h6-10,14,24H,4-5,11-13,23H2,1-3H3/b15-14-. The minimum atomic E-state index is -0.274. The largest absolute Gasteiger partial charge is 0.462 e. The zero-order valence-corrected chi connectivity index (χ0v) is 15.9. The van der Waals surface area contributed by atoms with Crippen LogP contribution in [0.5, 0.6) is 0 Å². The van der Waals surface area contributed by atoms with Crippen LogP contribution in [0.25, 0.3) is 10.8 Å². The van der Waals surface area contributed by atoms with Crippen LogP contribution in [-0.4, -0.2) is 18.1 Å². The van der Waals surface area contributed by atoms with Crippen LogP contribution in [-0.2, 0) is 11.2 Å². The summed E-state index contributed by atoms with van der Waals surface area (Å²) in [6.07, 6.45) is 5.59. The van der Waals surface area contributed by atoms with Crippen LogP contribution in [0.2, 0.25) is 0 Å². The van der Waals surface area contributed by atoms with Crippen molar-refractivity contribution in [3.63, 3.8) is 0 Å². The molecule has 0 amide bonds. The molecule has 0 spiro atoms. The first-order valence-corrected chi connectivity index (χ1v) is 9.41. The van der Waals surface area contributed by atoms with E-state index in [4.69, 9.17) is 10.5 Å². The van der Waals surface area contributed by atoms with Crippen LogP contribution in [0, 0.1) is 0 Å². The van der Waals surface area contributed by atoms with E-state index in [0.717, 1.165) is 42.1 Å². The summed E-state index contributed by atoms with van der Waals surface area (Å²) in [4.78, 5) is 12.4. The van der Waals surface area contributed by atoms with Crippen molar-refractivity contribution in [2.75, 3.05) is 11.9 Å². The van der Waals surface area contributed by atoms with Crippen LogP contribution >= 0.6 is 0 Å². The van der Waals surface area contributed by atoms with Gasteiger partial charge in [0.05, 0.1) is 12.2 Å². The fourth-order valence-electron chi connectivity index (χ4n) is 4.12. The van der Waals surface area contributed by atoms with E-state index in [1.54, 1.807) is 6.20 Å². The Labute approximate surface area is 155 Å². The molecule has 4 heteroatoms. The van der Waals surface area contributed by atoms with Gasteiger partial charge in [-0.3, -0.25) is 0 Å². The van der Waals surface area contributed by atoms with Gasteiger partial charge in [0.1, 0.15) is 0 Å². The number of carbonyl (C=O) groups excluding carboxylic acids is 1. The third-order valence-electron chi connectivity index (χ3n) is 5.13. The number of benzene rings is 2. The summed E-state index contributed by atoms with van der Waals surface area (Å²) in [7, 11) is 0. The normalized spacial score (nSPS) is 21.1. The molecule has 3 N–H and O–H groups in total. The van der Waals surface area contributed by atoms with Gasteiger partial charge < -0.3 is 15.8 Å². The van der Waals surface area contributed by atoms with Gasteiger partial charge in [0.2, 0.25) is 0 Å². The quantitative estimate of drug-likeness (QED) is 0.778. The molecule has 0 bridgehead atoms. The van der Waals surface area contributed by atoms with Crippen molar-refractivity contribution in [1.82, 2.24) is 0 Å².